The standard InChI is InChI=1S/C10H12O3/c1-2-5-12-10(11)8-6-7-3-4-9(8)13-7/h2-4,7-9H,1,5-6H2. The fraction of sp³-hybridized carbons (Fsp3) is 0.500. The molecule has 3 atom stereocenters. The van der Waals surface area contributed by atoms with Gasteiger partial charge in [-0.25, -0.2) is 0 Å². The third kappa shape index (κ3) is 1.52. The highest BCUT2D eigenvalue weighted by Crippen LogP contribution is 2.34. The second-order valence-corrected chi connectivity index (χ2v) is 3.28. The summed E-state index contributed by atoms with van der Waals surface area (Å²) in [6.45, 7) is 3.77. The molecule has 13 heavy (non-hydrogen) atoms. The van der Waals surface area contributed by atoms with Crippen LogP contribution in [0.4, 0.5) is 0 Å². The monoisotopic (exact) mass is 180 g/mol. The minimum Gasteiger partial charge on any atom is -0.461 e. The molecule has 1 saturated heterocycles. The summed E-state index contributed by atoms with van der Waals surface area (Å²) in [5.74, 6) is -0.272. The van der Waals surface area contributed by atoms with Crippen molar-refractivity contribution >= 4 is 5.97 Å². The Bertz CT molecular complexity index is 257. The van der Waals surface area contributed by atoms with Gasteiger partial charge in [-0.15, -0.1) is 0 Å². The lowest BCUT2D eigenvalue weighted by Crippen LogP contribution is -2.25. The number of rotatable bonds is 3. The van der Waals surface area contributed by atoms with Crippen molar-refractivity contribution in [1.29, 1.82) is 0 Å². The lowest BCUT2D eigenvalue weighted by atomic mass is 9.95. The van der Waals surface area contributed by atoms with Gasteiger partial charge >= 0.3 is 5.97 Å². The maximum atomic E-state index is 11.4. The summed E-state index contributed by atoms with van der Waals surface area (Å²) in [4.78, 5) is 11.4. The van der Waals surface area contributed by atoms with Crippen molar-refractivity contribution in [2.75, 3.05) is 6.61 Å². The van der Waals surface area contributed by atoms with Crippen LogP contribution in [-0.2, 0) is 14.3 Å². The molecule has 2 aliphatic rings. The molecule has 2 bridgehead atoms. The van der Waals surface area contributed by atoms with E-state index in [1.807, 2.05) is 12.2 Å². The second-order valence-electron chi connectivity index (χ2n) is 3.28. The Morgan fingerprint density at radius 2 is 2.54 bits per heavy atom. The molecule has 0 aromatic heterocycles. The number of fused-ring (bicyclic) bond motifs is 2. The maximum Gasteiger partial charge on any atom is 0.312 e. The van der Waals surface area contributed by atoms with E-state index in [-0.39, 0.29) is 30.7 Å². The van der Waals surface area contributed by atoms with E-state index in [2.05, 4.69) is 6.58 Å². The minimum atomic E-state index is -0.170. The zero-order chi connectivity index (χ0) is 9.26. The summed E-state index contributed by atoms with van der Waals surface area (Å²) < 4.78 is 10.4. The second kappa shape index (κ2) is 3.34. The predicted octanol–water partition coefficient (Wildman–Crippen LogP) is 1.06. The van der Waals surface area contributed by atoms with Crippen LogP contribution in [-0.4, -0.2) is 24.8 Å². The summed E-state index contributed by atoms with van der Waals surface area (Å²) in [5, 5.41) is 0. The first-order valence-corrected chi connectivity index (χ1v) is 4.42. The van der Waals surface area contributed by atoms with Crippen LogP contribution in [0.1, 0.15) is 6.42 Å². The molecular weight excluding hydrogens is 168 g/mol. The molecule has 0 spiro atoms. The molecule has 3 unspecified atom stereocenters. The molecule has 70 valence electrons. The van der Waals surface area contributed by atoms with Crippen molar-refractivity contribution in [3.8, 4) is 0 Å². The van der Waals surface area contributed by atoms with Crippen LogP contribution in [0.25, 0.3) is 0 Å². The van der Waals surface area contributed by atoms with E-state index >= 15 is 0 Å². The third-order valence-electron chi connectivity index (χ3n) is 2.38. The van der Waals surface area contributed by atoms with Gasteiger partial charge in [0, 0.05) is 0 Å². The van der Waals surface area contributed by atoms with Crippen molar-refractivity contribution in [3.05, 3.63) is 24.8 Å². The molecular formula is C10H12O3. The molecule has 0 radical (unpaired) electrons. The average molecular weight is 180 g/mol. The van der Waals surface area contributed by atoms with Gasteiger partial charge in [0.05, 0.1) is 18.1 Å². The molecule has 0 N–H and O–H groups in total. The molecule has 0 aliphatic carbocycles. The van der Waals surface area contributed by atoms with Gasteiger partial charge in [0.1, 0.15) is 6.61 Å². The van der Waals surface area contributed by atoms with Crippen LogP contribution in [0.15, 0.2) is 24.8 Å². The molecule has 2 heterocycles. The smallest absolute Gasteiger partial charge is 0.312 e. The number of ether oxygens (including phenoxy) is 2. The summed E-state index contributed by atoms with van der Waals surface area (Å²) >= 11 is 0. The maximum absolute atomic E-state index is 11.4. The highest BCUT2D eigenvalue weighted by atomic mass is 16.5. The normalized spacial score (nSPS) is 34.9. The van der Waals surface area contributed by atoms with E-state index in [9.17, 15) is 4.79 Å². The fourth-order valence-electron chi connectivity index (χ4n) is 1.75. The zero-order valence-electron chi connectivity index (χ0n) is 7.31. The largest absolute Gasteiger partial charge is 0.461 e. The lowest BCUT2D eigenvalue weighted by molar-refractivity contribution is -0.148. The van der Waals surface area contributed by atoms with E-state index in [1.54, 1.807) is 6.08 Å². The number of carbonyl (C=O) groups is 1. The van der Waals surface area contributed by atoms with Gasteiger partial charge in [-0.3, -0.25) is 4.79 Å². The van der Waals surface area contributed by atoms with Crippen LogP contribution >= 0.6 is 0 Å². The summed E-state index contributed by atoms with van der Waals surface area (Å²) in [7, 11) is 0. The fourth-order valence-corrected chi connectivity index (χ4v) is 1.75. The quantitative estimate of drug-likeness (QED) is 0.481. The molecule has 0 aromatic carbocycles. The SMILES string of the molecule is C=CCOC(=O)C1CC2C=CC1O2. The molecule has 3 heteroatoms. The molecule has 0 saturated carbocycles. The van der Waals surface area contributed by atoms with Crippen molar-refractivity contribution < 1.29 is 14.3 Å². The van der Waals surface area contributed by atoms with Crippen LogP contribution < -0.4 is 0 Å². The van der Waals surface area contributed by atoms with Crippen LogP contribution in [0, 0.1) is 5.92 Å². The van der Waals surface area contributed by atoms with Gasteiger partial charge in [-0.2, -0.15) is 0 Å². The van der Waals surface area contributed by atoms with E-state index < -0.39 is 0 Å². The highest BCUT2D eigenvalue weighted by molar-refractivity contribution is 5.74. The van der Waals surface area contributed by atoms with Crippen molar-refractivity contribution in [1.82, 2.24) is 0 Å². The Morgan fingerprint density at radius 3 is 3.08 bits per heavy atom. The zero-order valence-corrected chi connectivity index (χ0v) is 7.31. The number of carbonyl (C=O) groups excluding carboxylic acids is 1. The third-order valence-corrected chi connectivity index (χ3v) is 2.38. The molecule has 3 nitrogen and oxygen atoms in total. The molecule has 2 rings (SSSR count). The van der Waals surface area contributed by atoms with Gasteiger partial charge < -0.3 is 9.47 Å². The highest BCUT2D eigenvalue weighted by Gasteiger charge is 2.41. The van der Waals surface area contributed by atoms with E-state index in [1.165, 1.54) is 0 Å². The van der Waals surface area contributed by atoms with Gasteiger partial charge in [-0.1, -0.05) is 24.8 Å². The Hall–Kier alpha value is -1.09. The molecule has 1 fully saturated rings. The van der Waals surface area contributed by atoms with Gasteiger partial charge in [0.2, 0.25) is 0 Å². The number of esters is 1. The molecule has 0 amide bonds. The minimum absolute atomic E-state index is 0.0534. The van der Waals surface area contributed by atoms with Crippen molar-refractivity contribution in [2.45, 2.75) is 18.6 Å². The Balaban J connectivity index is 1.91. The van der Waals surface area contributed by atoms with E-state index in [4.69, 9.17) is 9.47 Å². The molecule has 0 aromatic rings. The Labute approximate surface area is 77.0 Å². The van der Waals surface area contributed by atoms with Crippen LogP contribution in [0.5, 0.6) is 0 Å². The summed E-state index contributed by atoms with van der Waals surface area (Å²) in [5.41, 5.74) is 0. The van der Waals surface area contributed by atoms with Gasteiger partial charge in [0.15, 0.2) is 0 Å². The van der Waals surface area contributed by atoms with Crippen molar-refractivity contribution in [2.24, 2.45) is 5.92 Å². The van der Waals surface area contributed by atoms with Gasteiger partial charge in [-0.05, 0) is 6.42 Å². The lowest BCUT2D eigenvalue weighted by Gasteiger charge is -2.13. The molecule has 2 aliphatic heterocycles. The number of hydrogen-bond donors (Lipinski definition) is 0. The first-order valence-electron chi connectivity index (χ1n) is 4.42. The number of hydrogen-bond acceptors (Lipinski definition) is 3. The first-order chi connectivity index (χ1) is 6.31. The van der Waals surface area contributed by atoms with E-state index in [0.29, 0.717) is 0 Å². The first kappa shape index (κ1) is 8.51. The average Bonchev–Trinajstić information content (AvgIpc) is 2.74. The topological polar surface area (TPSA) is 35.5 Å². The summed E-state index contributed by atoms with van der Waals surface area (Å²) in [6.07, 6.45) is 6.35. The van der Waals surface area contributed by atoms with Gasteiger partial charge in [0.25, 0.3) is 0 Å². The Morgan fingerprint density at radius 1 is 1.69 bits per heavy atom. The van der Waals surface area contributed by atoms with Crippen molar-refractivity contribution in [3.63, 3.8) is 0 Å². The van der Waals surface area contributed by atoms with Crippen LogP contribution in [0.3, 0.4) is 0 Å². The predicted molar refractivity (Wildman–Crippen MR) is 47.1 cm³/mol. The van der Waals surface area contributed by atoms with E-state index in [0.717, 1.165) is 6.42 Å². The summed E-state index contributed by atoms with van der Waals surface area (Å²) in [6, 6.07) is 0. The van der Waals surface area contributed by atoms with Crippen LogP contribution in [0.2, 0.25) is 0 Å². The Kier molecular flexibility index (Phi) is 2.19.